The lowest BCUT2D eigenvalue weighted by Gasteiger charge is -2.21. The van der Waals surface area contributed by atoms with Crippen molar-refractivity contribution in [1.82, 2.24) is 0 Å². The first-order valence-corrected chi connectivity index (χ1v) is 7.53. The lowest BCUT2D eigenvalue weighted by molar-refractivity contribution is -0.123. The molecular formula is C19H24N2O. The molecule has 0 fully saturated rings. The second-order valence-corrected chi connectivity index (χ2v) is 6.59. The number of carbonyl (C=O) groups is 1. The van der Waals surface area contributed by atoms with Crippen LogP contribution in [0.15, 0.2) is 54.6 Å². The fourth-order valence-electron chi connectivity index (χ4n) is 2.07. The Morgan fingerprint density at radius 1 is 1.00 bits per heavy atom. The molecule has 0 bridgehead atoms. The Hall–Kier alpha value is -2.29. The molecule has 3 nitrogen and oxygen atoms in total. The molecule has 0 saturated heterocycles. The summed E-state index contributed by atoms with van der Waals surface area (Å²) in [5, 5.41) is 2.94. The molecule has 0 aliphatic rings. The Morgan fingerprint density at radius 2 is 1.59 bits per heavy atom. The maximum atomic E-state index is 12.0. The van der Waals surface area contributed by atoms with Gasteiger partial charge in [-0.2, -0.15) is 0 Å². The lowest BCUT2D eigenvalue weighted by Crippen LogP contribution is -2.27. The van der Waals surface area contributed by atoms with Crippen LogP contribution in [-0.4, -0.2) is 13.0 Å². The molecule has 116 valence electrons. The van der Waals surface area contributed by atoms with Gasteiger partial charge in [0.2, 0.25) is 5.91 Å². The molecule has 0 unspecified atom stereocenters. The van der Waals surface area contributed by atoms with Crippen LogP contribution in [-0.2, 0) is 11.3 Å². The summed E-state index contributed by atoms with van der Waals surface area (Å²) in [4.78, 5) is 14.2. The van der Waals surface area contributed by atoms with Crippen molar-refractivity contribution >= 4 is 17.3 Å². The maximum Gasteiger partial charge on any atom is 0.229 e. The van der Waals surface area contributed by atoms with Crippen LogP contribution >= 0.6 is 0 Å². The van der Waals surface area contributed by atoms with E-state index >= 15 is 0 Å². The third kappa shape index (κ3) is 4.35. The SMILES string of the molecule is CN(Cc1ccccc1)c1ccc(NC(=O)C(C)(C)C)cc1. The molecule has 0 spiro atoms. The van der Waals surface area contributed by atoms with Crippen molar-refractivity contribution in [2.24, 2.45) is 5.41 Å². The summed E-state index contributed by atoms with van der Waals surface area (Å²) >= 11 is 0. The van der Waals surface area contributed by atoms with E-state index in [9.17, 15) is 4.79 Å². The molecule has 0 aromatic heterocycles. The molecule has 1 amide bonds. The number of benzene rings is 2. The van der Waals surface area contributed by atoms with Gasteiger partial charge < -0.3 is 10.2 Å². The Balaban J connectivity index is 2.01. The molecule has 0 heterocycles. The van der Waals surface area contributed by atoms with E-state index in [1.54, 1.807) is 0 Å². The highest BCUT2D eigenvalue weighted by molar-refractivity contribution is 5.94. The molecule has 1 N–H and O–H groups in total. The normalized spacial score (nSPS) is 11.1. The number of amides is 1. The van der Waals surface area contributed by atoms with E-state index in [2.05, 4.69) is 29.4 Å². The minimum absolute atomic E-state index is 0.0258. The van der Waals surface area contributed by atoms with Crippen LogP contribution in [0.5, 0.6) is 0 Å². The highest BCUT2D eigenvalue weighted by atomic mass is 16.2. The van der Waals surface area contributed by atoms with E-state index in [1.165, 1.54) is 5.56 Å². The largest absolute Gasteiger partial charge is 0.370 e. The van der Waals surface area contributed by atoms with Crippen LogP contribution in [0.1, 0.15) is 26.3 Å². The number of nitrogens with one attached hydrogen (secondary N) is 1. The highest BCUT2D eigenvalue weighted by Gasteiger charge is 2.21. The van der Waals surface area contributed by atoms with Crippen LogP contribution < -0.4 is 10.2 Å². The fourth-order valence-corrected chi connectivity index (χ4v) is 2.07. The predicted octanol–water partition coefficient (Wildman–Crippen LogP) is 4.31. The van der Waals surface area contributed by atoms with Gasteiger partial charge in [0.15, 0.2) is 0 Å². The van der Waals surface area contributed by atoms with Gasteiger partial charge in [0.05, 0.1) is 0 Å². The molecule has 0 saturated carbocycles. The van der Waals surface area contributed by atoms with Crippen molar-refractivity contribution in [3.05, 3.63) is 60.2 Å². The van der Waals surface area contributed by atoms with Crippen molar-refractivity contribution in [2.75, 3.05) is 17.3 Å². The van der Waals surface area contributed by atoms with E-state index in [-0.39, 0.29) is 11.3 Å². The molecular weight excluding hydrogens is 272 g/mol. The second-order valence-electron chi connectivity index (χ2n) is 6.59. The number of anilines is 2. The van der Waals surface area contributed by atoms with Crippen molar-refractivity contribution in [2.45, 2.75) is 27.3 Å². The zero-order chi connectivity index (χ0) is 16.2. The molecule has 0 aliphatic heterocycles. The third-order valence-corrected chi connectivity index (χ3v) is 3.51. The summed E-state index contributed by atoms with van der Waals surface area (Å²) < 4.78 is 0. The van der Waals surface area contributed by atoms with E-state index in [0.29, 0.717) is 0 Å². The summed E-state index contributed by atoms with van der Waals surface area (Å²) in [5.74, 6) is 0.0258. The van der Waals surface area contributed by atoms with Crippen molar-refractivity contribution in [3.63, 3.8) is 0 Å². The topological polar surface area (TPSA) is 32.3 Å². The van der Waals surface area contributed by atoms with E-state index in [4.69, 9.17) is 0 Å². The minimum Gasteiger partial charge on any atom is -0.370 e. The first-order chi connectivity index (χ1) is 10.4. The summed E-state index contributed by atoms with van der Waals surface area (Å²) in [6.45, 7) is 6.58. The monoisotopic (exact) mass is 296 g/mol. The molecule has 22 heavy (non-hydrogen) atoms. The van der Waals surface area contributed by atoms with Gasteiger partial charge in [0, 0.05) is 30.4 Å². The van der Waals surface area contributed by atoms with Crippen molar-refractivity contribution < 1.29 is 4.79 Å². The standard InChI is InChI=1S/C19H24N2O/c1-19(2,3)18(22)20-16-10-12-17(13-11-16)21(4)14-15-8-6-5-7-9-15/h5-13H,14H2,1-4H3,(H,20,22). The first kappa shape index (κ1) is 16.1. The van der Waals surface area contributed by atoms with Gasteiger partial charge in [-0.1, -0.05) is 51.1 Å². The molecule has 2 aromatic carbocycles. The van der Waals surface area contributed by atoms with Crippen LogP contribution in [0.4, 0.5) is 11.4 Å². The zero-order valence-corrected chi connectivity index (χ0v) is 13.8. The van der Waals surface area contributed by atoms with Crippen LogP contribution in [0, 0.1) is 5.41 Å². The lowest BCUT2D eigenvalue weighted by atomic mass is 9.95. The van der Waals surface area contributed by atoms with Gasteiger partial charge in [-0.25, -0.2) is 0 Å². The summed E-state index contributed by atoms with van der Waals surface area (Å²) in [6.07, 6.45) is 0. The molecule has 2 rings (SSSR count). The third-order valence-electron chi connectivity index (χ3n) is 3.51. The van der Waals surface area contributed by atoms with Gasteiger partial charge in [0.25, 0.3) is 0 Å². The summed E-state index contributed by atoms with van der Waals surface area (Å²) in [5.41, 5.74) is 2.84. The van der Waals surface area contributed by atoms with E-state index in [0.717, 1.165) is 17.9 Å². The van der Waals surface area contributed by atoms with Gasteiger partial charge in [-0.15, -0.1) is 0 Å². The summed E-state index contributed by atoms with van der Waals surface area (Å²) in [7, 11) is 2.07. The molecule has 0 radical (unpaired) electrons. The van der Waals surface area contributed by atoms with Crippen LogP contribution in [0.3, 0.4) is 0 Å². The Labute approximate surface area is 133 Å². The van der Waals surface area contributed by atoms with Crippen molar-refractivity contribution in [3.8, 4) is 0 Å². The minimum atomic E-state index is -0.386. The number of hydrogen-bond acceptors (Lipinski definition) is 2. The quantitative estimate of drug-likeness (QED) is 0.912. The molecule has 0 aliphatic carbocycles. The zero-order valence-electron chi connectivity index (χ0n) is 13.8. The molecule has 2 aromatic rings. The maximum absolute atomic E-state index is 12.0. The Bertz CT molecular complexity index is 612. The fraction of sp³-hybridized carbons (Fsp3) is 0.316. The number of carbonyl (C=O) groups excluding carboxylic acids is 1. The number of nitrogens with zero attached hydrogens (tertiary/aromatic N) is 1. The Kier molecular flexibility index (Phi) is 4.86. The predicted molar refractivity (Wildman–Crippen MR) is 93.1 cm³/mol. The first-order valence-electron chi connectivity index (χ1n) is 7.53. The summed E-state index contributed by atoms with van der Waals surface area (Å²) in [6, 6.07) is 18.3. The molecule has 0 atom stereocenters. The van der Waals surface area contributed by atoms with Crippen LogP contribution in [0.2, 0.25) is 0 Å². The average Bonchev–Trinajstić information content (AvgIpc) is 2.48. The van der Waals surface area contributed by atoms with Gasteiger partial charge in [-0.3, -0.25) is 4.79 Å². The van der Waals surface area contributed by atoms with E-state index in [1.807, 2.05) is 63.2 Å². The van der Waals surface area contributed by atoms with Crippen LogP contribution in [0.25, 0.3) is 0 Å². The van der Waals surface area contributed by atoms with Crippen molar-refractivity contribution in [1.29, 1.82) is 0 Å². The molecule has 3 heteroatoms. The van der Waals surface area contributed by atoms with Gasteiger partial charge in [0.1, 0.15) is 0 Å². The second kappa shape index (κ2) is 6.65. The highest BCUT2D eigenvalue weighted by Crippen LogP contribution is 2.21. The van der Waals surface area contributed by atoms with Gasteiger partial charge in [-0.05, 0) is 29.8 Å². The smallest absolute Gasteiger partial charge is 0.229 e. The van der Waals surface area contributed by atoms with E-state index < -0.39 is 0 Å². The Morgan fingerprint density at radius 3 is 2.14 bits per heavy atom. The average molecular weight is 296 g/mol. The number of rotatable bonds is 4. The number of hydrogen-bond donors (Lipinski definition) is 1. The van der Waals surface area contributed by atoms with Gasteiger partial charge >= 0.3 is 0 Å².